The number of rotatable bonds is 5. The molecule has 2 saturated heterocycles. The average Bonchev–Trinajstić information content (AvgIpc) is 3.16. The number of hydrogen-bond donors (Lipinski definition) is 3. The second-order valence-corrected chi connectivity index (χ2v) is 7.90. The third-order valence-corrected chi connectivity index (χ3v) is 6.53. The van der Waals surface area contributed by atoms with Gasteiger partial charge in [0.2, 0.25) is 0 Å². The summed E-state index contributed by atoms with van der Waals surface area (Å²) in [6, 6.07) is 3.20. The van der Waals surface area contributed by atoms with Crippen LogP contribution in [0, 0.1) is 0 Å². The molecule has 2 amide bonds. The van der Waals surface area contributed by atoms with Crippen LogP contribution in [0.25, 0.3) is 11.0 Å². The van der Waals surface area contributed by atoms with Crippen molar-refractivity contribution in [3.8, 4) is 11.5 Å². The van der Waals surface area contributed by atoms with Crippen LogP contribution in [0.5, 0.6) is 11.5 Å². The Morgan fingerprint density at radius 3 is 3.00 bits per heavy atom. The zero-order chi connectivity index (χ0) is 18.3. The summed E-state index contributed by atoms with van der Waals surface area (Å²) in [5.74, 6) is 1.12. The summed E-state index contributed by atoms with van der Waals surface area (Å²) >= 11 is 1.86. The summed E-state index contributed by atoms with van der Waals surface area (Å²) in [4.78, 5) is 24.1. The van der Waals surface area contributed by atoms with E-state index in [2.05, 4.69) is 10.6 Å². The van der Waals surface area contributed by atoms with Crippen molar-refractivity contribution in [2.75, 3.05) is 12.9 Å². The van der Waals surface area contributed by atoms with Crippen molar-refractivity contribution in [2.45, 2.75) is 36.6 Å². The van der Waals surface area contributed by atoms with Crippen molar-refractivity contribution >= 4 is 28.8 Å². The van der Waals surface area contributed by atoms with E-state index in [1.54, 1.807) is 0 Å². The van der Waals surface area contributed by atoms with Gasteiger partial charge in [0.25, 0.3) is 0 Å². The van der Waals surface area contributed by atoms with Crippen LogP contribution < -0.4 is 20.8 Å². The first kappa shape index (κ1) is 17.1. The summed E-state index contributed by atoms with van der Waals surface area (Å²) in [6.45, 7) is 0. The van der Waals surface area contributed by atoms with Crippen molar-refractivity contribution < 1.29 is 19.1 Å². The number of methoxy groups -OCH3 is 1. The van der Waals surface area contributed by atoms with Gasteiger partial charge in [-0.2, -0.15) is 11.8 Å². The molecule has 0 saturated carbocycles. The molecule has 138 valence electrons. The number of hydrogen-bond acceptors (Lipinski definition) is 6. The van der Waals surface area contributed by atoms with E-state index in [4.69, 9.17) is 9.15 Å². The molecule has 0 aliphatic carbocycles. The Balaban J connectivity index is 1.46. The van der Waals surface area contributed by atoms with Gasteiger partial charge in [0.1, 0.15) is 5.58 Å². The zero-order valence-corrected chi connectivity index (χ0v) is 15.1. The topological polar surface area (TPSA) is 101 Å². The van der Waals surface area contributed by atoms with Gasteiger partial charge in [0, 0.05) is 22.6 Å². The average molecular weight is 376 g/mol. The van der Waals surface area contributed by atoms with Crippen LogP contribution in [0.1, 0.15) is 18.4 Å². The fraction of sp³-hybridized carbons (Fsp3) is 0.444. The number of amides is 2. The highest BCUT2D eigenvalue weighted by Gasteiger charge is 2.42. The van der Waals surface area contributed by atoms with Gasteiger partial charge in [-0.15, -0.1) is 0 Å². The molecule has 2 aromatic rings. The minimum atomic E-state index is -0.0997. The molecule has 2 fully saturated rings. The number of fused-ring (bicyclic) bond motifs is 2. The van der Waals surface area contributed by atoms with Gasteiger partial charge in [0.15, 0.2) is 16.9 Å². The predicted octanol–water partition coefficient (Wildman–Crippen LogP) is 2.00. The number of thioether (sulfide) groups is 1. The van der Waals surface area contributed by atoms with Gasteiger partial charge in [-0.3, -0.25) is 4.79 Å². The van der Waals surface area contributed by atoms with Crippen LogP contribution in [0.3, 0.4) is 0 Å². The number of phenolic OH excluding ortho intramolecular Hbond substituents is 1. The molecule has 3 N–H and O–H groups in total. The minimum absolute atomic E-state index is 0.0593. The number of carbonyl (C=O) groups excluding carboxylic acids is 1. The number of urea groups is 1. The highest BCUT2D eigenvalue weighted by Crippen LogP contribution is 2.33. The standard InChI is InChI=1S/C18H20N2O5S/c1-24-14-5-10-13(6-12(14)21)25-7-9(17(10)22)3-2-4-15-16-11(8-26-15)19-18(23)20-16/h5-7,11,15-16,21H,2-4,8H2,1H3,(H2,19,20,23). The smallest absolute Gasteiger partial charge is 0.315 e. The fourth-order valence-corrected chi connectivity index (χ4v) is 5.20. The molecule has 3 atom stereocenters. The normalized spacial score (nSPS) is 24.3. The van der Waals surface area contributed by atoms with E-state index in [1.165, 1.54) is 25.5 Å². The molecule has 0 radical (unpaired) electrons. The van der Waals surface area contributed by atoms with Crippen molar-refractivity contribution in [3.05, 3.63) is 34.2 Å². The number of benzene rings is 1. The molecule has 1 aromatic heterocycles. The number of phenols is 1. The predicted molar refractivity (Wildman–Crippen MR) is 99.1 cm³/mol. The Bertz CT molecular complexity index is 912. The summed E-state index contributed by atoms with van der Waals surface area (Å²) < 4.78 is 10.6. The number of ether oxygens (including phenoxy) is 1. The largest absolute Gasteiger partial charge is 0.504 e. The second-order valence-electron chi connectivity index (χ2n) is 6.62. The van der Waals surface area contributed by atoms with Crippen LogP contribution in [0.2, 0.25) is 0 Å². The van der Waals surface area contributed by atoms with E-state index < -0.39 is 0 Å². The number of nitrogens with one attached hydrogen (secondary N) is 2. The molecule has 2 aliphatic rings. The van der Waals surface area contributed by atoms with Gasteiger partial charge in [-0.25, -0.2) is 4.79 Å². The SMILES string of the molecule is COc1cc2c(=O)c(CCCC3SCC4NC(=O)NC43)coc2cc1O. The van der Waals surface area contributed by atoms with Crippen LogP contribution in [0.15, 0.2) is 27.6 Å². The maximum Gasteiger partial charge on any atom is 0.315 e. The lowest BCUT2D eigenvalue weighted by molar-refractivity contribution is 0.247. The fourth-order valence-electron chi connectivity index (χ4n) is 3.66. The van der Waals surface area contributed by atoms with E-state index >= 15 is 0 Å². The summed E-state index contributed by atoms with van der Waals surface area (Å²) in [7, 11) is 1.44. The molecular formula is C18H20N2O5S. The molecule has 0 spiro atoms. The quantitative estimate of drug-likeness (QED) is 0.690. The first-order chi connectivity index (χ1) is 12.6. The Morgan fingerprint density at radius 1 is 1.35 bits per heavy atom. The van der Waals surface area contributed by atoms with Crippen molar-refractivity contribution in [1.82, 2.24) is 10.6 Å². The van der Waals surface area contributed by atoms with Gasteiger partial charge < -0.3 is 24.9 Å². The van der Waals surface area contributed by atoms with Gasteiger partial charge in [-0.1, -0.05) is 0 Å². The Kier molecular flexibility index (Phi) is 4.44. The molecule has 4 rings (SSSR count). The molecule has 3 heterocycles. The third kappa shape index (κ3) is 2.98. The Labute approximate surface area is 154 Å². The van der Waals surface area contributed by atoms with E-state index in [9.17, 15) is 14.7 Å². The first-order valence-corrected chi connectivity index (χ1v) is 9.61. The van der Waals surface area contributed by atoms with E-state index in [0.29, 0.717) is 28.2 Å². The van der Waals surface area contributed by atoms with Crippen molar-refractivity contribution in [3.63, 3.8) is 0 Å². The maximum absolute atomic E-state index is 12.7. The zero-order valence-electron chi connectivity index (χ0n) is 14.3. The maximum atomic E-state index is 12.7. The van der Waals surface area contributed by atoms with Crippen LogP contribution >= 0.6 is 11.8 Å². The van der Waals surface area contributed by atoms with E-state index in [-0.39, 0.29) is 35.0 Å². The Morgan fingerprint density at radius 2 is 2.19 bits per heavy atom. The monoisotopic (exact) mass is 376 g/mol. The lowest BCUT2D eigenvalue weighted by Crippen LogP contribution is -2.36. The highest BCUT2D eigenvalue weighted by atomic mass is 32.2. The van der Waals surface area contributed by atoms with E-state index in [1.807, 2.05) is 11.8 Å². The van der Waals surface area contributed by atoms with Crippen LogP contribution in [-0.2, 0) is 6.42 Å². The first-order valence-electron chi connectivity index (χ1n) is 8.57. The second kappa shape index (κ2) is 6.75. The lowest BCUT2D eigenvalue weighted by atomic mass is 10.0. The van der Waals surface area contributed by atoms with Crippen LogP contribution in [0.4, 0.5) is 4.79 Å². The molecule has 8 heteroatoms. The summed E-state index contributed by atoms with van der Waals surface area (Å²) in [6.07, 6.45) is 3.84. The summed E-state index contributed by atoms with van der Waals surface area (Å²) in [5, 5.41) is 16.5. The van der Waals surface area contributed by atoms with Crippen molar-refractivity contribution in [1.29, 1.82) is 0 Å². The molecule has 7 nitrogen and oxygen atoms in total. The molecule has 1 aromatic carbocycles. The van der Waals surface area contributed by atoms with Crippen LogP contribution in [-0.4, -0.2) is 41.3 Å². The summed E-state index contributed by atoms with van der Waals surface area (Å²) in [5.41, 5.74) is 0.849. The minimum Gasteiger partial charge on any atom is -0.504 e. The molecule has 26 heavy (non-hydrogen) atoms. The van der Waals surface area contributed by atoms with Crippen molar-refractivity contribution in [2.24, 2.45) is 0 Å². The van der Waals surface area contributed by atoms with Gasteiger partial charge in [0.05, 0.1) is 30.8 Å². The van der Waals surface area contributed by atoms with Gasteiger partial charge >= 0.3 is 6.03 Å². The number of aryl methyl sites for hydroxylation is 1. The highest BCUT2D eigenvalue weighted by molar-refractivity contribution is 8.00. The third-order valence-electron chi connectivity index (χ3n) is 5.02. The molecular weight excluding hydrogens is 356 g/mol. The van der Waals surface area contributed by atoms with E-state index in [0.717, 1.165) is 18.6 Å². The molecule has 0 bridgehead atoms. The van der Waals surface area contributed by atoms with Gasteiger partial charge in [-0.05, 0) is 25.3 Å². The number of carbonyl (C=O) groups is 1. The lowest BCUT2D eigenvalue weighted by Gasteiger charge is -2.16. The Hall–Kier alpha value is -2.35. The number of aromatic hydroxyl groups is 1. The molecule has 3 unspecified atom stereocenters. The molecule has 2 aliphatic heterocycles.